The lowest BCUT2D eigenvalue weighted by molar-refractivity contribution is -0.126. The van der Waals surface area contributed by atoms with Gasteiger partial charge in [0.15, 0.2) is 6.10 Å². The van der Waals surface area contributed by atoms with Crippen LogP contribution in [-0.4, -0.2) is 17.9 Å². The van der Waals surface area contributed by atoms with Crippen molar-refractivity contribution in [1.29, 1.82) is 0 Å². The molecule has 0 N–H and O–H groups in total. The quantitative estimate of drug-likeness (QED) is 0.546. The molecule has 3 aromatic carbocycles. The predicted molar refractivity (Wildman–Crippen MR) is 120 cm³/mol. The molecule has 2 saturated heterocycles. The van der Waals surface area contributed by atoms with E-state index in [1.165, 1.54) is 4.90 Å². The summed E-state index contributed by atoms with van der Waals surface area (Å²) in [6.45, 7) is 3.89. The highest BCUT2D eigenvalue weighted by molar-refractivity contribution is 6.30. The Bertz CT molecular complexity index is 1160. The second kappa shape index (κ2) is 7.52. The number of amides is 2. The number of imide groups is 1. The molecule has 0 bridgehead atoms. The molecule has 2 aliphatic rings. The number of benzene rings is 3. The van der Waals surface area contributed by atoms with Crippen LogP contribution in [0.4, 0.5) is 11.4 Å². The van der Waals surface area contributed by atoms with Crippen molar-refractivity contribution in [3.8, 4) is 0 Å². The van der Waals surface area contributed by atoms with Crippen LogP contribution in [-0.2, 0) is 14.4 Å². The highest BCUT2D eigenvalue weighted by Gasteiger charge is 2.60. The van der Waals surface area contributed by atoms with E-state index >= 15 is 0 Å². The van der Waals surface area contributed by atoms with Gasteiger partial charge in [0, 0.05) is 5.02 Å². The summed E-state index contributed by atoms with van der Waals surface area (Å²) >= 11 is 6.09. The summed E-state index contributed by atoms with van der Waals surface area (Å²) in [6, 6.07) is 22.1. The van der Waals surface area contributed by atoms with Gasteiger partial charge in [-0.15, -0.1) is 0 Å². The Labute approximate surface area is 185 Å². The number of rotatable bonds is 3. The van der Waals surface area contributed by atoms with Crippen LogP contribution in [0.3, 0.4) is 0 Å². The molecule has 2 aliphatic heterocycles. The molecule has 156 valence electrons. The average Bonchev–Trinajstić information content (AvgIpc) is 3.26. The van der Waals surface area contributed by atoms with Gasteiger partial charge in [0.1, 0.15) is 5.92 Å². The van der Waals surface area contributed by atoms with E-state index in [2.05, 4.69) is 0 Å². The van der Waals surface area contributed by atoms with Crippen LogP contribution in [0.1, 0.15) is 22.7 Å². The van der Waals surface area contributed by atoms with Crippen LogP contribution < -0.4 is 9.96 Å². The van der Waals surface area contributed by atoms with Crippen LogP contribution in [0.5, 0.6) is 0 Å². The molecule has 0 unspecified atom stereocenters. The van der Waals surface area contributed by atoms with E-state index < -0.39 is 18.1 Å². The van der Waals surface area contributed by atoms with Crippen molar-refractivity contribution in [2.45, 2.75) is 26.0 Å². The number of carbonyl (C=O) groups is 2. The summed E-state index contributed by atoms with van der Waals surface area (Å²) in [7, 11) is 0. The van der Waals surface area contributed by atoms with Gasteiger partial charge in [-0.25, -0.2) is 9.96 Å². The number of hydroxylamine groups is 1. The Morgan fingerprint density at radius 1 is 0.871 bits per heavy atom. The van der Waals surface area contributed by atoms with Gasteiger partial charge in [-0.2, -0.15) is 0 Å². The third kappa shape index (κ3) is 3.21. The summed E-state index contributed by atoms with van der Waals surface area (Å²) < 4.78 is 0. The van der Waals surface area contributed by atoms with Crippen LogP contribution in [0.25, 0.3) is 0 Å². The molecule has 0 aromatic heterocycles. The Hall–Kier alpha value is -3.15. The molecule has 0 spiro atoms. The zero-order chi connectivity index (χ0) is 21.7. The molecule has 5 rings (SSSR count). The lowest BCUT2D eigenvalue weighted by Crippen LogP contribution is -2.37. The van der Waals surface area contributed by atoms with Gasteiger partial charge in [-0.3, -0.25) is 14.4 Å². The number of carbonyl (C=O) groups excluding carboxylic acids is 2. The molecule has 6 heteroatoms. The number of halogens is 1. The topological polar surface area (TPSA) is 49.9 Å². The lowest BCUT2D eigenvalue weighted by Gasteiger charge is -2.29. The van der Waals surface area contributed by atoms with E-state index in [1.54, 1.807) is 17.2 Å². The van der Waals surface area contributed by atoms with Gasteiger partial charge in [0.2, 0.25) is 5.91 Å². The van der Waals surface area contributed by atoms with E-state index in [0.717, 1.165) is 22.4 Å². The van der Waals surface area contributed by atoms with Crippen molar-refractivity contribution < 1.29 is 14.4 Å². The Morgan fingerprint density at radius 3 is 2.26 bits per heavy atom. The summed E-state index contributed by atoms with van der Waals surface area (Å²) in [6.07, 6.45) is -0.880. The van der Waals surface area contributed by atoms with Crippen molar-refractivity contribution in [3.63, 3.8) is 0 Å². The number of anilines is 2. The fourth-order valence-corrected chi connectivity index (χ4v) is 4.63. The van der Waals surface area contributed by atoms with Gasteiger partial charge in [0.25, 0.3) is 5.91 Å². The van der Waals surface area contributed by atoms with Crippen molar-refractivity contribution in [2.24, 2.45) is 5.92 Å². The molecule has 0 saturated carbocycles. The van der Waals surface area contributed by atoms with Crippen molar-refractivity contribution in [1.82, 2.24) is 0 Å². The van der Waals surface area contributed by atoms with Gasteiger partial charge in [0.05, 0.1) is 17.4 Å². The third-order valence-corrected chi connectivity index (χ3v) is 6.18. The van der Waals surface area contributed by atoms with Crippen molar-refractivity contribution in [2.75, 3.05) is 9.96 Å². The van der Waals surface area contributed by atoms with Crippen molar-refractivity contribution in [3.05, 3.63) is 94.5 Å². The predicted octanol–water partition coefficient (Wildman–Crippen LogP) is 5.01. The molecular weight excluding hydrogens is 412 g/mol. The first-order valence-corrected chi connectivity index (χ1v) is 10.5. The Morgan fingerprint density at radius 2 is 1.58 bits per heavy atom. The molecule has 5 nitrogen and oxygen atoms in total. The van der Waals surface area contributed by atoms with Crippen LogP contribution in [0.15, 0.2) is 72.8 Å². The maximum Gasteiger partial charge on any atom is 0.266 e. The summed E-state index contributed by atoms with van der Waals surface area (Å²) in [5, 5.41) is 2.30. The summed E-state index contributed by atoms with van der Waals surface area (Å²) in [4.78, 5) is 34.5. The number of nitrogens with zero attached hydrogens (tertiary/aromatic N) is 2. The molecule has 31 heavy (non-hydrogen) atoms. The monoisotopic (exact) mass is 432 g/mol. The van der Waals surface area contributed by atoms with Gasteiger partial charge in [-0.1, -0.05) is 59.6 Å². The number of aryl methyl sites for hydroxylation is 2. The molecule has 2 heterocycles. The molecular formula is C25H21ClN2O3. The minimum atomic E-state index is -0.880. The first-order valence-electron chi connectivity index (χ1n) is 10.2. The normalized spacial score (nSPS) is 22.9. The van der Waals surface area contributed by atoms with Crippen LogP contribution >= 0.6 is 11.6 Å². The lowest BCUT2D eigenvalue weighted by atomic mass is 9.90. The maximum atomic E-state index is 13.6. The first kappa shape index (κ1) is 19.8. The van der Waals surface area contributed by atoms with Crippen molar-refractivity contribution >= 4 is 34.8 Å². The van der Waals surface area contributed by atoms with E-state index in [4.69, 9.17) is 16.4 Å². The number of fused-ring (bicyclic) bond motifs is 1. The standard InChI is InChI=1S/C25H21ClN2O3/c1-15-8-13-20(16(2)14-15)27-24(29)21-22(17-9-11-18(26)12-10-17)28(31-23(21)25(27)30)19-6-4-3-5-7-19/h3-14,21-23H,1-2H3/t21-,22+,23-/m1/s1. The SMILES string of the molecule is Cc1ccc(N2C(=O)[C@H]3[C@@H](ON(c4ccccc4)[C@H]3c3ccc(Cl)cc3)C2=O)c(C)c1. The highest BCUT2D eigenvalue weighted by Crippen LogP contribution is 2.48. The molecule has 0 radical (unpaired) electrons. The zero-order valence-corrected chi connectivity index (χ0v) is 17.9. The van der Waals surface area contributed by atoms with E-state index in [0.29, 0.717) is 10.7 Å². The smallest absolute Gasteiger partial charge is 0.266 e. The Balaban J connectivity index is 1.59. The number of hydrogen-bond donors (Lipinski definition) is 0. The minimum Gasteiger partial charge on any atom is -0.273 e. The zero-order valence-electron chi connectivity index (χ0n) is 17.2. The molecule has 2 amide bonds. The molecule has 3 atom stereocenters. The van der Waals surface area contributed by atoms with Gasteiger partial charge in [-0.05, 0) is 55.3 Å². The van der Waals surface area contributed by atoms with Crippen LogP contribution in [0, 0.1) is 19.8 Å². The fraction of sp³-hybridized carbons (Fsp3) is 0.200. The van der Waals surface area contributed by atoms with Gasteiger partial charge < -0.3 is 0 Å². The first-order chi connectivity index (χ1) is 15.0. The summed E-state index contributed by atoms with van der Waals surface area (Å²) in [5.74, 6) is -1.24. The minimum absolute atomic E-state index is 0.250. The molecule has 2 fully saturated rings. The van der Waals surface area contributed by atoms with Crippen LogP contribution in [0.2, 0.25) is 5.02 Å². The maximum absolute atomic E-state index is 13.6. The van der Waals surface area contributed by atoms with E-state index in [-0.39, 0.29) is 11.8 Å². The second-order valence-electron chi connectivity index (χ2n) is 8.01. The van der Waals surface area contributed by atoms with Gasteiger partial charge >= 0.3 is 0 Å². The summed E-state index contributed by atoms with van der Waals surface area (Å²) in [5.41, 5.74) is 4.22. The van der Waals surface area contributed by atoms with E-state index in [9.17, 15) is 9.59 Å². The largest absolute Gasteiger partial charge is 0.273 e. The number of hydrogen-bond acceptors (Lipinski definition) is 4. The third-order valence-electron chi connectivity index (χ3n) is 5.93. The second-order valence-corrected chi connectivity index (χ2v) is 8.45. The average molecular weight is 433 g/mol. The molecule has 3 aromatic rings. The number of para-hydroxylation sites is 1. The fourth-order valence-electron chi connectivity index (χ4n) is 4.51. The van der Waals surface area contributed by atoms with E-state index in [1.807, 2.05) is 74.5 Å². The Kier molecular flexibility index (Phi) is 4.80. The highest BCUT2D eigenvalue weighted by atomic mass is 35.5. The molecule has 0 aliphatic carbocycles.